The summed E-state index contributed by atoms with van der Waals surface area (Å²) in [7, 11) is 0. The minimum Gasteiger partial charge on any atom is -0.409 e. The van der Waals surface area contributed by atoms with Gasteiger partial charge in [-0.1, -0.05) is 19.0 Å². The number of aryl methyl sites for hydroxylation is 1. The molecule has 1 aromatic carbocycles. The van der Waals surface area contributed by atoms with Crippen LogP contribution in [-0.2, 0) is 0 Å². The number of oxime groups is 1. The number of hydrogen-bond acceptors (Lipinski definition) is 3. The fourth-order valence-electron chi connectivity index (χ4n) is 1.54. The SMILES string of the molecule is Cc1cc(NCCC(C)(C)C(N)=NO)ccc1F. The summed E-state index contributed by atoms with van der Waals surface area (Å²) >= 11 is 0. The second-order valence-electron chi connectivity index (χ2n) is 5.01. The highest BCUT2D eigenvalue weighted by molar-refractivity contribution is 5.85. The molecule has 0 aliphatic heterocycles. The Hall–Kier alpha value is -1.78. The van der Waals surface area contributed by atoms with E-state index in [-0.39, 0.29) is 17.1 Å². The van der Waals surface area contributed by atoms with Crippen LogP contribution in [0.5, 0.6) is 0 Å². The van der Waals surface area contributed by atoms with Gasteiger partial charge in [-0.3, -0.25) is 0 Å². The fourth-order valence-corrected chi connectivity index (χ4v) is 1.54. The van der Waals surface area contributed by atoms with Crippen LogP contribution < -0.4 is 11.1 Å². The van der Waals surface area contributed by atoms with E-state index in [1.54, 1.807) is 19.1 Å². The quantitative estimate of drug-likeness (QED) is 0.327. The molecule has 0 spiro atoms. The Morgan fingerprint density at radius 3 is 2.72 bits per heavy atom. The lowest BCUT2D eigenvalue weighted by Crippen LogP contribution is -2.33. The number of benzene rings is 1. The van der Waals surface area contributed by atoms with Crippen LogP contribution in [0, 0.1) is 18.2 Å². The molecule has 0 unspecified atom stereocenters. The van der Waals surface area contributed by atoms with Crippen LogP contribution in [0.15, 0.2) is 23.4 Å². The lowest BCUT2D eigenvalue weighted by molar-refractivity contribution is 0.306. The Morgan fingerprint density at radius 2 is 2.17 bits per heavy atom. The van der Waals surface area contributed by atoms with Gasteiger partial charge in [0.15, 0.2) is 0 Å². The van der Waals surface area contributed by atoms with Crippen LogP contribution in [0.3, 0.4) is 0 Å². The van der Waals surface area contributed by atoms with Gasteiger partial charge >= 0.3 is 0 Å². The van der Waals surface area contributed by atoms with Gasteiger partial charge in [0, 0.05) is 17.6 Å². The van der Waals surface area contributed by atoms with Crippen molar-refractivity contribution in [1.82, 2.24) is 0 Å². The first-order valence-electron chi connectivity index (χ1n) is 5.85. The first-order chi connectivity index (χ1) is 8.36. The van der Waals surface area contributed by atoms with Crippen molar-refractivity contribution in [3.63, 3.8) is 0 Å². The molecule has 4 N–H and O–H groups in total. The summed E-state index contributed by atoms with van der Waals surface area (Å²) in [6.07, 6.45) is 0.708. The highest BCUT2D eigenvalue weighted by Gasteiger charge is 2.22. The molecular formula is C13H20FN3O. The highest BCUT2D eigenvalue weighted by Crippen LogP contribution is 2.21. The van der Waals surface area contributed by atoms with Crippen molar-refractivity contribution >= 4 is 11.5 Å². The molecule has 1 aromatic rings. The summed E-state index contributed by atoms with van der Waals surface area (Å²) in [5, 5.41) is 14.9. The number of nitrogens with two attached hydrogens (primary N) is 1. The Kier molecular flexibility index (Phi) is 4.53. The molecule has 0 atom stereocenters. The van der Waals surface area contributed by atoms with Gasteiger partial charge < -0.3 is 16.3 Å². The normalized spacial score (nSPS) is 12.6. The molecule has 18 heavy (non-hydrogen) atoms. The molecule has 1 rings (SSSR count). The number of rotatable bonds is 5. The highest BCUT2D eigenvalue weighted by atomic mass is 19.1. The molecule has 0 saturated carbocycles. The maximum Gasteiger partial charge on any atom is 0.144 e. The van der Waals surface area contributed by atoms with E-state index < -0.39 is 0 Å². The molecule has 0 heterocycles. The number of amidine groups is 1. The summed E-state index contributed by atoms with van der Waals surface area (Å²) in [5.41, 5.74) is 6.69. The van der Waals surface area contributed by atoms with Crippen LogP contribution in [0.25, 0.3) is 0 Å². The van der Waals surface area contributed by atoms with Crippen LogP contribution >= 0.6 is 0 Å². The zero-order valence-corrected chi connectivity index (χ0v) is 11.0. The van der Waals surface area contributed by atoms with E-state index in [0.717, 1.165) is 5.69 Å². The van der Waals surface area contributed by atoms with Crippen molar-refractivity contribution in [1.29, 1.82) is 0 Å². The number of halogens is 1. The third kappa shape index (κ3) is 3.61. The Labute approximate surface area is 107 Å². The van der Waals surface area contributed by atoms with Gasteiger partial charge in [0.2, 0.25) is 0 Å². The van der Waals surface area contributed by atoms with E-state index >= 15 is 0 Å². The van der Waals surface area contributed by atoms with Crippen molar-refractivity contribution in [2.24, 2.45) is 16.3 Å². The van der Waals surface area contributed by atoms with E-state index in [9.17, 15) is 4.39 Å². The van der Waals surface area contributed by atoms with Gasteiger partial charge in [0.05, 0.1) is 0 Å². The minimum absolute atomic E-state index is 0.208. The minimum atomic E-state index is -0.378. The number of hydrogen-bond donors (Lipinski definition) is 3. The summed E-state index contributed by atoms with van der Waals surface area (Å²) in [6, 6.07) is 4.89. The summed E-state index contributed by atoms with van der Waals surface area (Å²) in [5.74, 6) is -0.00266. The largest absolute Gasteiger partial charge is 0.409 e. The molecule has 0 saturated heterocycles. The number of nitrogens with one attached hydrogen (secondary N) is 1. The average molecular weight is 253 g/mol. The summed E-state index contributed by atoms with van der Waals surface area (Å²) < 4.78 is 13.1. The molecule has 4 nitrogen and oxygen atoms in total. The van der Waals surface area contributed by atoms with E-state index in [2.05, 4.69) is 10.5 Å². The zero-order chi connectivity index (χ0) is 13.8. The molecule has 0 aliphatic rings. The van der Waals surface area contributed by atoms with E-state index in [0.29, 0.717) is 18.5 Å². The molecule has 0 aromatic heterocycles. The Morgan fingerprint density at radius 1 is 1.50 bits per heavy atom. The second kappa shape index (κ2) is 5.71. The van der Waals surface area contributed by atoms with Crippen LogP contribution in [0.1, 0.15) is 25.8 Å². The van der Waals surface area contributed by atoms with Crippen molar-refractivity contribution in [2.75, 3.05) is 11.9 Å². The van der Waals surface area contributed by atoms with Crippen LogP contribution in [0.2, 0.25) is 0 Å². The van der Waals surface area contributed by atoms with Gasteiger partial charge in [-0.2, -0.15) is 0 Å². The van der Waals surface area contributed by atoms with E-state index in [1.165, 1.54) is 6.07 Å². The fraction of sp³-hybridized carbons (Fsp3) is 0.462. The van der Waals surface area contributed by atoms with Crippen molar-refractivity contribution < 1.29 is 9.60 Å². The van der Waals surface area contributed by atoms with Crippen molar-refractivity contribution in [2.45, 2.75) is 27.2 Å². The second-order valence-corrected chi connectivity index (χ2v) is 5.01. The molecular weight excluding hydrogens is 233 g/mol. The van der Waals surface area contributed by atoms with E-state index in [1.807, 2.05) is 13.8 Å². The van der Waals surface area contributed by atoms with Crippen molar-refractivity contribution in [3.05, 3.63) is 29.6 Å². The topological polar surface area (TPSA) is 70.6 Å². The summed E-state index contributed by atoms with van der Waals surface area (Å²) in [4.78, 5) is 0. The Bertz CT molecular complexity index is 444. The molecule has 0 fully saturated rings. The molecule has 0 aliphatic carbocycles. The molecule has 100 valence electrons. The smallest absolute Gasteiger partial charge is 0.144 e. The van der Waals surface area contributed by atoms with Gasteiger partial charge in [-0.15, -0.1) is 0 Å². The van der Waals surface area contributed by atoms with Crippen molar-refractivity contribution in [3.8, 4) is 0 Å². The standard InChI is InChI=1S/C13H20FN3O/c1-9-8-10(4-5-11(9)14)16-7-6-13(2,3)12(15)17-18/h4-5,8,16,18H,6-7H2,1-3H3,(H2,15,17). The predicted molar refractivity (Wildman–Crippen MR) is 71.4 cm³/mol. The maximum atomic E-state index is 13.1. The first kappa shape index (κ1) is 14.3. The third-order valence-electron chi connectivity index (χ3n) is 3.04. The lowest BCUT2D eigenvalue weighted by atomic mass is 9.88. The monoisotopic (exact) mass is 253 g/mol. The molecule has 0 radical (unpaired) electrons. The zero-order valence-electron chi connectivity index (χ0n) is 11.0. The predicted octanol–water partition coefficient (Wildman–Crippen LogP) is 2.71. The lowest BCUT2D eigenvalue weighted by Gasteiger charge is -2.23. The molecule has 0 bridgehead atoms. The summed E-state index contributed by atoms with van der Waals surface area (Å²) in [6.45, 7) is 6.19. The van der Waals surface area contributed by atoms with Crippen LogP contribution in [0.4, 0.5) is 10.1 Å². The average Bonchev–Trinajstić information content (AvgIpc) is 2.32. The van der Waals surface area contributed by atoms with Gasteiger partial charge in [-0.05, 0) is 37.1 Å². The van der Waals surface area contributed by atoms with Gasteiger partial charge in [-0.25, -0.2) is 4.39 Å². The Balaban J connectivity index is 2.54. The van der Waals surface area contributed by atoms with E-state index in [4.69, 9.17) is 10.9 Å². The number of anilines is 1. The maximum absolute atomic E-state index is 13.1. The third-order valence-corrected chi connectivity index (χ3v) is 3.04. The number of nitrogens with zero attached hydrogens (tertiary/aromatic N) is 1. The first-order valence-corrected chi connectivity index (χ1v) is 5.85. The molecule has 0 amide bonds. The molecule has 5 heteroatoms. The van der Waals surface area contributed by atoms with Gasteiger partial charge in [0.25, 0.3) is 0 Å². The van der Waals surface area contributed by atoms with Crippen LogP contribution in [-0.4, -0.2) is 17.6 Å². The van der Waals surface area contributed by atoms with Gasteiger partial charge in [0.1, 0.15) is 11.7 Å².